The van der Waals surface area contributed by atoms with E-state index in [-0.39, 0.29) is 17.0 Å². The van der Waals surface area contributed by atoms with Crippen molar-refractivity contribution in [2.24, 2.45) is 0 Å². The lowest BCUT2D eigenvalue weighted by Crippen LogP contribution is -2.27. The van der Waals surface area contributed by atoms with Gasteiger partial charge in [0.25, 0.3) is 5.69 Å². The van der Waals surface area contributed by atoms with Gasteiger partial charge in [-0.1, -0.05) is 74.0 Å². The average Bonchev–Trinajstić information content (AvgIpc) is 2.82. The number of Topliss-reactive ketones (excluding diaryl/α,β-unsaturated/α-hetero) is 1. The van der Waals surface area contributed by atoms with Crippen molar-refractivity contribution in [1.82, 2.24) is 0 Å². The lowest BCUT2D eigenvalue weighted by Gasteiger charge is -2.17. The minimum Gasteiger partial charge on any atom is -0.450 e. The van der Waals surface area contributed by atoms with Crippen LogP contribution in [-0.2, 0) is 4.74 Å². The third-order valence-electron chi connectivity index (χ3n) is 4.93. The van der Waals surface area contributed by atoms with E-state index in [4.69, 9.17) is 4.74 Å². The molecule has 3 rings (SSSR count). The van der Waals surface area contributed by atoms with E-state index in [0.29, 0.717) is 18.4 Å². The van der Waals surface area contributed by atoms with Gasteiger partial charge in [-0.15, -0.1) is 0 Å². The molecule has 31 heavy (non-hydrogen) atoms. The first-order valence-corrected chi connectivity index (χ1v) is 10.1. The Balaban J connectivity index is 1.78. The van der Waals surface area contributed by atoms with Crippen molar-refractivity contribution < 1.29 is 19.2 Å². The first-order chi connectivity index (χ1) is 15.0. The summed E-state index contributed by atoms with van der Waals surface area (Å²) in [4.78, 5) is 36.0. The molecule has 0 aliphatic heterocycles. The molecule has 0 bridgehead atoms. The summed E-state index contributed by atoms with van der Waals surface area (Å²) in [6.07, 6.45) is 0.983. The van der Waals surface area contributed by atoms with Crippen LogP contribution in [0, 0.1) is 10.1 Å². The minimum absolute atomic E-state index is 0.0444. The van der Waals surface area contributed by atoms with E-state index in [9.17, 15) is 19.7 Å². The lowest BCUT2D eigenvalue weighted by atomic mass is 9.98. The van der Waals surface area contributed by atoms with Gasteiger partial charge in [0.05, 0.1) is 10.5 Å². The zero-order valence-electron chi connectivity index (χ0n) is 17.2. The summed E-state index contributed by atoms with van der Waals surface area (Å²) in [6.45, 7) is 1.98. The second-order valence-corrected chi connectivity index (χ2v) is 7.15. The molecule has 0 radical (unpaired) electrons. The van der Waals surface area contributed by atoms with Gasteiger partial charge in [0.2, 0.25) is 5.78 Å². The van der Waals surface area contributed by atoms with E-state index >= 15 is 0 Å². The number of hydrogen-bond donors (Lipinski definition) is 0. The number of carbonyl (C=O) groups is 2. The number of nitrogens with zero attached hydrogens (tertiary/aromatic N) is 1. The Kier molecular flexibility index (Phi) is 7.27. The van der Waals surface area contributed by atoms with E-state index in [1.807, 2.05) is 49.4 Å². The fourth-order valence-electron chi connectivity index (χ4n) is 3.22. The number of ether oxygens (including phenoxy) is 1. The summed E-state index contributed by atoms with van der Waals surface area (Å²) in [6, 6.07) is 22.3. The molecule has 6 nitrogen and oxygen atoms in total. The quantitative estimate of drug-likeness (QED) is 0.188. The van der Waals surface area contributed by atoms with Crippen molar-refractivity contribution in [2.75, 3.05) is 0 Å². The second kappa shape index (κ2) is 10.3. The molecule has 1 atom stereocenters. The maximum absolute atomic E-state index is 13.1. The van der Waals surface area contributed by atoms with Crippen LogP contribution in [0.1, 0.15) is 46.9 Å². The van der Waals surface area contributed by atoms with E-state index in [2.05, 4.69) is 0 Å². The fraction of sp³-hybridized carbons (Fsp3) is 0.200. The van der Waals surface area contributed by atoms with Crippen molar-refractivity contribution >= 4 is 17.4 Å². The predicted molar refractivity (Wildman–Crippen MR) is 118 cm³/mol. The summed E-state index contributed by atoms with van der Waals surface area (Å²) in [5, 5.41) is 11.0. The van der Waals surface area contributed by atoms with E-state index in [0.717, 1.165) is 23.6 Å². The zero-order chi connectivity index (χ0) is 22.2. The standard InChI is InChI=1S/C25H23NO5/c1-2-3-12-23(31-25(28)21-10-7-11-22(17-21)26(29)30)24(27)20-15-13-19(14-16-20)18-8-5-4-6-9-18/h4-11,13-17,23H,2-3,12H2,1H3. The molecule has 0 N–H and O–H groups in total. The monoisotopic (exact) mass is 417 g/mol. The Morgan fingerprint density at radius 1 is 0.903 bits per heavy atom. The van der Waals surface area contributed by atoms with Gasteiger partial charge < -0.3 is 4.74 Å². The number of non-ortho nitro benzene ring substituents is 1. The number of nitro benzene ring substituents is 1. The Labute approximate surface area is 180 Å². The molecule has 0 aliphatic carbocycles. The Hall–Kier alpha value is -3.80. The topological polar surface area (TPSA) is 86.5 Å². The maximum Gasteiger partial charge on any atom is 0.339 e. The van der Waals surface area contributed by atoms with Crippen LogP contribution < -0.4 is 0 Å². The molecule has 0 fully saturated rings. The molecule has 0 aliphatic rings. The van der Waals surface area contributed by atoms with Gasteiger partial charge in [0.15, 0.2) is 6.10 Å². The first kappa shape index (κ1) is 21.9. The SMILES string of the molecule is CCCCC(OC(=O)c1cccc([N+](=O)[O-])c1)C(=O)c1ccc(-c2ccccc2)cc1. The molecule has 0 amide bonds. The number of unbranched alkanes of at least 4 members (excludes halogenated alkanes) is 1. The smallest absolute Gasteiger partial charge is 0.339 e. The summed E-state index contributed by atoms with van der Waals surface area (Å²) in [5.74, 6) is -1.04. The highest BCUT2D eigenvalue weighted by Gasteiger charge is 2.25. The largest absolute Gasteiger partial charge is 0.450 e. The Morgan fingerprint density at radius 3 is 2.23 bits per heavy atom. The number of nitro groups is 1. The van der Waals surface area contributed by atoms with Crippen LogP contribution in [-0.4, -0.2) is 22.8 Å². The molecule has 1 unspecified atom stereocenters. The number of esters is 1. The average molecular weight is 417 g/mol. The van der Waals surface area contributed by atoms with Crippen molar-refractivity contribution in [3.63, 3.8) is 0 Å². The van der Waals surface area contributed by atoms with E-state index < -0.39 is 17.0 Å². The summed E-state index contributed by atoms with van der Waals surface area (Å²) < 4.78 is 5.49. The predicted octanol–water partition coefficient (Wildman–Crippen LogP) is 5.86. The summed E-state index contributed by atoms with van der Waals surface area (Å²) in [5.41, 5.74) is 2.31. The molecule has 0 saturated carbocycles. The van der Waals surface area contributed by atoms with Gasteiger partial charge in [-0.25, -0.2) is 4.79 Å². The molecule has 0 heterocycles. The van der Waals surface area contributed by atoms with Gasteiger partial charge in [-0.2, -0.15) is 0 Å². The van der Waals surface area contributed by atoms with E-state index in [1.54, 1.807) is 12.1 Å². The number of rotatable bonds is 9. The molecule has 3 aromatic rings. The van der Waals surface area contributed by atoms with Crippen molar-refractivity contribution in [3.8, 4) is 11.1 Å². The van der Waals surface area contributed by atoms with Crippen LogP contribution in [0.4, 0.5) is 5.69 Å². The molecule has 158 valence electrons. The molecular formula is C25H23NO5. The number of benzene rings is 3. The van der Waals surface area contributed by atoms with Crippen molar-refractivity contribution in [1.29, 1.82) is 0 Å². The van der Waals surface area contributed by atoms with Crippen LogP contribution in [0.2, 0.25) is 0 Å². The van der Waals surface area contributed by atoms with Crippen LogP contribution >= 0.6 is 0 Å². The molecular weight excluding hydrogens is 394 g/mol. The van der Waals surface area contributed by atoms with Crippen LogP contribution in [0.5, 0.6) is 0 Å². The minimum atomic E-state index is -0.950. The molecule has 0 spiro atoms. The van der Waals surface area contributed by atoms with Gasteiger partial charge in [0, 0.05) is 17.7 Å². The van der Waals surface area contributed by atoms with E-state index in [1.165, 1.54) is 18.2 Å². The van der Waals surface area contributed by atoms with Gasteiger partial charge in [0.1, 0.15) is 0 Å². The van der Waals surface area contributed by atoms with Gasteiger partial charge in [-0.3, -0.25) is 14.9 Å². The highest BCUT2D eigenvalue weighted by Crippen LogP contribution is 2.22. The number of hydrogen-bond acceptors (Lipinski definition) is 5. The summed E-state index contributed by atoms with van der Waals surface area (Å²) in [7, 11) is 0. The molecule has 0 aromatic heterocycles. The molecule has 3 aromatic carbocycles. The number of carbonyl (C=O) groups excluding carboxylic acids is 2. The highest BCUT2D eigenvalue weighted by molar-refractivity contribution is 6.02. The normalized spacial score (nSPS) is 11.5. The Bertz CT molecular complexity index is 1060. The zero-order valence-corrected chi connectivity index (χ0v) is 17.2. The van der Waals surface area contributed by atoms with Crippen LogP contribution in [0.15, 0.2) is 78.9 Å². The fourth-order valence-corrected chi connectivity index (χ4v) is 3.22. The van der Waals surface area contributed by atoms with Crippen molar-refractivity contribution in [3.05, 3.63) is 100 Å². The van der Waals surface area contributed by atoms with Gasteiger partial charge in [-0.05, 0) is 30.0 Å². The second-order valence-electron chi connectivity index (χ2n) is 7.15. The lowest BCUT2D eigenvalue weighted by molar-refractivity contribution is -0.384. The molecule has 0 saturated heterocycles. The van der Waals surface area contributed by atoms with Crippen molar-refractivity contribution in [2.45, 2.75) is 32.3 Å². The summed E-state index contributed by atoms with van der Waals surface area (Å²) >= 11 is 0. The highest BCUT2D eigenvalue weighted by atomic mass is 16.6. The molecule has 6 heteroatoms. The van der Waals surface area contributed by atoms with Crippen LogP contribution in [0.3, 0.4) is 0 Å². The first-order valence-electron chi connectivity index (χ1n) is 10.1. The Morgan fingerprint density at radius 2 is 1.58 bits per heavy atom. The third-order valence-corrected chi connectivity index (χ3v) is 4.93. The van der Waals surface area contributed by atoms with Gasteiger partial charge >= 0.3 is 5.97 Å². The third kappa shape index (κ3) is 5.63. The number of ketones is 1. The maximum atomic E-state index is 13.1. The van der Waals surface area contributed by atoms with Crippen LogP contribution in [0.25, 0.3) is 11.1 Å².